The van der Waals surface area contributed by atoms with E-state index in [9.17, 15) is 13.2 Å². The molecule has 0 radical (unpaired) electrons. The number of carbonyl (C=O) groups is 1. The Bertz CT molecular complexity index is 510. The van der Waals surface area contributed by atoms with Crippen LogP contribution in [0.5, 0.6) is 0 Å². The first kappa shape index (κ1) is 14.9. The highest BCUT2D eigenvalue weighted by Crippen LogP contribution is 2.25. The predicted molar refractivity (Wildman–Crippen MR) is 71.6 cm³/mol. The molecule has 0 aliphatic heterocycles. The molecule has 1 aromatic rings. The first-order chi connectivity index (χ1) is 8.37. The largest absolute Gasteiger partial charge is 0.398 e. The number of sulfonamides is 1. The molecule has 0 unspecified atom stereocenters. The molecular formula is C10H17N3O3S2. The summed E-state index contributed by atoms with van der Waals surface area (Å²) in [5.41, 5.74) is 11.0. The number of nitrogen functional groups attached to an aromatic ring is 1. The Labute approximate surface area is 111 Å². The van der Waals surface area contributed by atoms with Crippen LogP contribution in [-0.4, -0.2) is 31.7 Å². The molecule has 1 aromatic heterocycles. The van der Waals surface area contributed by atoms with Crippen molar-refractivity contribution in [2.24, 2.45) is 5.73 Å². The summed E-state index contributed by atoms with van der Waals surface area (Å²) in [4.78, 5) is 11.0. The molecule has 0 aromatic carbocycles. The Kier molecular flexibility index (Phi) is 5.12. The van der Waals surface area contributed by atoms with Crippen molar-refractivity contribution in [3.05, 3.63) is 11.4 Å². The van der Waals surface area contributed by atoms with E-state index >= 15 is 0 Å². The van der Waals surface area contributed by atoms with Crippen molar-refractivity contribution < 1.29 is 13.2 Å². The summed E-state index contributed by atoms with van der Waals surface area (Å²) >= 11 is 1.04. The number of anilines is 1. The summed E-state index contributed by atoms with van der Waals surface area (Å²) in [5, 5.41) is 1.55. The van der Waals surface area contributed by atoms with Crippen LogP contribution in [0, 0.1) is 0 Å². The van der Waals surface area contributed by atoms with Crippen LogP contribution in [0.25, 0.3) is 0 Å². The zero-order valence-corrected chi connectivity index (χ0v) is 11.8. The highest BCUT2D eigenvalue weighted by molar-refractivity contribution is 7.91. The van der Waals surface area contributed by atoms with E-state index in [0.717, 1.165) is 22.1 Å². The number of nitrogens with two attached hydrogens (primary N) is 2. The molecule has 1 amide bonds. The fraction of sp³-hybridized carbons (Fsp3) is 0.500. The van der Waals surface area contributed by atoms with Gasteiger partial charge in [-0.05, 0) is 12.5 Å². The average molecular weight is 291 g/mol. The highest BCUT2D eigenvalue weighted by Gasteiger charge is 2.26. The van der Waals surface area contributed by atoms with Gasteiger partial charge in [0.1, 0.15) is 4.21 Å². The van der Waals surface area contributed by atoms with Gasteiger partial charge >= 0.3 is 0 Å². The number of primary amides is 1. The van der Waals surface area contributed by atoms with Crippen LogP contribution in [-0.2, 0) is 14.8 Å². The molecule has 8 heteroatoms. The molecule has 0 aliphatic rings. The maximum atomic E-state index is 12.3. The third-order valence-electron chi connectivity index (χ3n) is 2.28. The van der Waals surface area contributed by atoms with Crippen molar-refractivity contribution in [3.63, 3.8) is 0 Å². The van der Waals surface area contributed by atoms with Crippen LogP contribution in [0.4, 0.5) is 5.69 Å². The Morgan fingerprint density at radius 3 is 2.61 bits per heavy atom. The van der Waals surface area contributed by atoms with Gasteiger partial charge in [0.15, 0.2) is 0 Å². The minimum absolute atomic E-state index is 0.136. The van der Waals surface area contributed by atoms with Crippen LogP contribution in [0.15, 0.2) is 15.7 Å². The van der Waals surface area contributed by atoms with E-state index in [0.29, 0.717) is 12.1 Å². The number of thiophene rings is 1. The van der Waals surface area contributed by atoms with Crippen molar-refractivity contribution in [3.8, 4) is 0 Å². The van der Waals surface area contributed by atoms with Gasteiger partial charge in [-0.3, -0.25) is 4.79 Å². The van der Waals surface area contributed by atoms with Crippen LogP contribution < -0.4 is 11.5 Å². The second-order valence-electron chi connectivity index (χ2n) is 3.86. The minimum atomic E-state index is -3.68. The van der Waals surface area contributed by atoms with Crippen LogP contribution in [0.3, 0.4) is 0 Å². The van der Waals surface area contributed by atoms with Gasteiger partial charge in [0, 0.05) is 17.6 Å². The highest BCUT2D eigenvalue weighted by atomic mass is 32.2. The Balaban J connectivity index is 2.98. The zero-order chi connectivity index (χ0) is 13.8. The maximum Gasteiger partial charge on any atom is 0.253 e. The standard InChI is InChI=1S/C10H17N3O3S2/c1-2-3-4-13(6-9(12)14)18(15,16)10-5-8(11)7-17-10/h5,7H,2-4,6,11H2,1H3,(H2,12,14). The van der Waals surface area contributed by atoms with Crippen molar-refractivity contribution in [2.75, 3.05) is 18.8 Å². The maximum absolute atomic E-state index is 12.3. The number of carbonyl (C=O) groups excluding carboxylic acids is 1. The Morgan fingerprint density at radius 1 is 1.50 bits per heavy atom. The van der Waals surface area contributed by atoms with E-state index in [1.807, 2.05) is 6.92 Å². The summed E-state index contributed by atoms with van der Waals surface area (Å²) in [5.74, 6) is -0.667. The van der Waals surface area contributed by atoms with Crippen molar-refractivity contribution in [1.29, 1.82) is 0 Å². The average Bonchev–Trinajstić information content (AvgIpc) is 2.71. The fourth-order valence-electron chi connectivity index (χ4n) is 1.39. The number of unbranched alkanes of at least 4 members (excludes halogenated alkanes) is 1. The second-order valence-corrected chi connectivity index (χ2v) is 6.93. The lowest BCUT2D eigenvalue weighted by Crippen LogP contribution is -2.38. The smallest absolute Gasteiger partial charge is 0.253 e. The summed E-state index contributed by atoms with van der Waals surface area (Å²) in [6.07, 6.45) is 1.50. The molecule has 0 saturated heterocycles. The quantitative estimate of drug-likeness (QED) is 0.767. The van der Waals surface area contributed by atoms with Gasteiger partial charge in [-0.2, -0.15) is 4.31 Å². The number of hydrogen-bond donors (Lipinski definition) is 2. The minimum Gasteiger partial charge on any atom is -0.398 e. The molecule has 0 bridgehead atoms. The molecule has 0 spiro atoms. The van der Waals surface area contributed by atoms with Crippen LogP contribution in [0.1, 0.15) is 19.8 Å². The fourth-order valence-corrected chi connectivity index (χ4v) is 4.06. The van der Waals surface area contributed by atoms with Gasteiger partial charge < -0.3 is 11.5 Å². The Morgan fingerprint density at radius 2 is 2.17 bits per heavy atom. The number of rotatable bonds is 7. The lowest BCUT2D eigenvalue weighted by Gasteiger charge is -2.19. The van der Waals surface area contributed by atoms with Gasteiger partial charge in [0.05, 0.1) is 6.54 Å². The molecular weight excluding hydrogens is 274 g/mol. The zero-order valence-electron chi connectivity index (χ0n) is 10.1. The van der Waals surface area contributed by atoms with E-state index in [4.69, 9.17) is 11.5 Å². The lowest BCUT2D eigenvalue weighted by molar-refractivity contribution is -0.118. The van der Waals surface area contributed by atoms with Gasteiger partial charge in [0.25, 0.3) is 10.0 Å². The third kappa shape index (κ3) is 3.69. The van der Waals surface area contributed by atoms with Gasteiger partial charge in [-0.25, -0.2) is 8.42 Å². The molecule has 0 fully saturated rings. The molecule has 18 heavy (non-hydrogen) atoms. The molecule has 0 atom stereocenters. The van der Waals surface area contributed by atoms with Crippen LogP contribution in [0.2, 0.25) is 0 Å². The normalized spacial score (nSPS) is 11.9. The molecule has 1 rings (SSSR count). The molecule has 6 nitrogen and oxygen atoms in total. The van der Waals surface area contributed by atoms with Crippen LogP contribution >= 0.6 is 11.3 Å². The van der Waals surface area contributed by atoms with E-state index in [1.165, 1.54) is 6.07 Å². The van der Waals surface area contributed by atoms with E-state index in [2.05, 4.69) is 0 Å². The van der Waals surface area contributed by atoms with E-state index in [1.54, 1.807) is 5.38 Å². The van der Waals surface area contributed by atoms with Crippen molar-refractivity contribution in [2.45, 2.75) is 24.0 Å². The summed E-state index contributed by atoms with van der Waals surface area (Å²) < 4.78 is 25.8. The predicted octanol–water partition coefficient (Wildman–Crippen LogP) is 0.606. The monoisotopic (exact) mass is 291 g/mol. The first-order valence-electron chi connectivity index (χ1n) is 5.50. The Hall–Kier alpha value is -1.12. The number of hydrogen-bond acceptors (Lipinski definition) is 5. The van der Waals surface area contributed by atoms with E-state index in [-0.39, 0.29) is 17.3 Å². The van der Waals surface area contributed by atoms with Gasteiger partial charge in [-0.1, -0.05) is 13.3 Å². The number of nitrogens with zero attached hydrogens (tertiary/aromatic N) is 1. The SMILES string of the molecule is CCCCN(CC(N)=O)S(=O)(=O)c1cc(N)cs1. The van der Waals surface area contributed by atoms with Gasteiger partial charge in [-0.15, -0.1) is 11.3 Å². The topological polar surface area (TPSA) is 106 Å². The molecule has 4 N–H and O–H groups in total. The molecule has 0 aliphatic carbocycles. The summed E-state index contributed by atoms with van der Waals surface area (Å²) in [6, 6.07) is 1.39. The third-order valence-corrected chi connectivity index (χ3v) is 5.56. The number of amides is 1. The second kappa shape index (κ2) is 6.17. The van der Waals surface area contributed by atoms with Crippen molar-refractivity contribution in [1.82, 2.24) is 4.31 Å². The summed E-state index contributed by atoms with van der Waals surface area (Å²) in [7, 11) is -3.68. The molecule has 0 saturated carbocycles. The molecule has 1 heterocycles. The molecule has 102 valence electrons. The summed E-state index contributed by atoms with van der Waals surface area (Å²) in [6.45, 7) is 1.91. The van der Waals surface area contributed by atoms with Gasteiger partial charge in [0.2, 0.25) is 5.91 Å². The van der Waals surface area contributed by atoms with Crippen molar-refractivity contribution >= 4 is 33.0 Å². The van der Waals surface area contributed by atoms with E-state index < -0.39 is 15.9 Å². The lowest BCUT2D eigenvalue weighted by atomic mass is 10.3. The first-order valence-corrected chi connectivity index (χ1v) is 7.82.